The number of aromatic nitrogens is 1. The molecule has 1 fully saturated rings. The Morgan fingerprint density at radius 3 is 2.48 bits per heavy atom. The van der Waals surface area contributed by atoms with Gasteiger partial charge in [-0.1, -0.05) is 25.1 Å². The molecule has 2 aliphatic heterocycles. The lowest BCUT2D eigenvalue weighted by Gasteiger charge is -2.31. The summed E-state index contributed by atoms with van der Waals surface area (Å²) in [5.74, 6) is 3.62. The quantitative estimate of drug-likeness (QED) is 0.909. The van der Waals surface area contributed by atoms with Crippen molar-refractivity contribution in [3.05, 3.63) is 48.7 Å². The van der Waals surface area contributed by atoms with Gasteiger partial charge in [0.05, 0.1) is 0 Å². The third kappa shape index (κ3) is 4.86. The third-order valence-corrected chi connectivity index (χ3v) is 4.59. The van der Waals surface area contributed by atoms with Crippen LogP contribution in [0.3, 0.4) is 0 Å². The zero-order valence-electron chi connectivity index (χ0n) is 14.8. The molecule has 1 unspecified atom stereocenters. The van der Waals surface area contributed by atoms with Crippen molar-refractivity contribution < 1.29 is 9.47 Å². The Kier molecular flexibility index (Phi) is 6.12. The number of nitrogens with two attached hydrogens (primary N) is 1. The number of hydrogen-bond acceptors (Lipinski definition) is 5. The van der Waals surface area contributed by atoms with Crippen LogP contribution < -0.4 is 20.1 Å². The van der Waals surface area contributed by atoms with E-state index < -0.39 is 0 Å². The van der Waals surface area contributed by atoms with Gasteiger partial charge >= 0.3 is 0 Å². The highest BCUT2D eigenvalue weighted by molar-refractivity contribution is 5.40. The van der Waals surface area contributed by atoms with Crippen LogP contribution in [0.4, 0.5) is 5.82 Å². The maximum Gasteiger partial charge on any atom is 0.161 e. The first-order valence-electron chi connectivity index (χ1n) is 9.01. The van der Waals surface area contributed by atoms with Gasteiger partial charge in [0.1, 0.15) is 18.5 Å². The van der Waals surface area contributed by atoms with Gasteiger partial charge in [-0.25, -0.2) is 4.98 Å². The summed E-state index contributed by atoms with van der Waals surface area (Å²) in [4.78, 5) is 6.73. The van der Waals surface area contributed by atoms with E-state index in [2.05, 4.69) is 28.9 Å². The lowest BCUT2D eigenvalue weighted by Crippen LogP contribution is -2.35. The first-order chi connectivity index (χ1) is 12.3. The average molecular weight is 341 g/mol. The van der Waals surface area contributed by atoms with Gasteiger partial charge in [0.15, 0.2) is 11.5 Å². The largest absolute Gasteiger partial charge is 0.486 e. The molecule has 0 bridgehead atoms. The van der Waals surface area contributed by atoms with Gasteiger partial charge in [0.2, 0.25) is 0 Å². The monoisotopic (exact) mass is 341 g/mol. The van der Waals surface area contributed by atoms with Crippen LogP contribution in [0, 0.1) is 5.92 Å². The Morgan fingerprint density at radius 2 is 1.80 bits per heavy atom. The molecule has 0 radical (unpaired) electrons. The maximum atomic E-state index is 5.53. The maximum absolute atomic E-state index is 5.53. The van der Waals surface area contributed by atoms with E-state index in [0.717, 1.165) is 36.3 Å². The number of pyridine rings is 1. The van der Waals surface area contributed by atoms with Crippen molar-refractivity contribution >= 4 is 5.82 Å². The predicted octanol–water partition coefficient (Wildman–Crippen LogP) is 3.10. The Labute approximate surface area is 149 Å². The van der Waals surface area contributed by atoms with Crippen LogP contribution in [-0.4, -0.2) is 37.3 Å². The second kappa shape index (κ2) is 8.72. The number of hydrogen-bond donors (Lipinski definition) is 1. The standard InChI is InChI=1S/C11H16N2.C9H11NO2/c1-10-5-8-13(9-6-10)11-4-2-3-7-12-11;10-5-7-6-11-8-3-1-2-4-9(8)12-7/h2-4,7,10H,5-6,8-9H2,1H3;1-4,7H,5-6,10H2. The number of para-hydroxylation sites is 2. The van der Waals surface area contributed by atoms with E-state index in [1.165, 1.54) is 12.8 Å². The Balaban J connectivity index is 0.000000146. The van der Waals surface area contributed by atoms with Crippen LogP contribution in [0.1, 0.15) is 19.8 Å². The summed E-state index contributed by atoms with van der Waals surface area (Å²) in [6.45, 7) is 5.70. The normalized spacial score (nSPS) is 19.8. The second-order valence-corrected chi connectivity index (χ2v) is 6.59. The number of benzene rings is 1. The van der Waals surface area contributed by atoms with Crippen LogP contribution in [-0.2, 0) is 0 Å². The highest BCUT2D eigenvalue weighted by Gasteiger charge is 2.18. The van der Waals surface area contributed by atoms with Gasteiger partial charge in [-0.05, 0) is 43.0 Å². The molecule has 0 saturated carbocycles. The highest BCUT2D eigenvalue weighted by atomic mass is 16.6. The van der Waals surface area contributed by atoms with Crippen LogP contribution in [0.15, 0.2) is 48.7 Å². The summed E-state index contributed by atoms with van der Waals surface area (Å²) in [5, 5.41) is 0. The van der Waals surface area contributed by atoms with E-state index in [1.807, 2.05) is 36.5 Å². The number of anilines is 1. The molecule has 4 rings (SSSR count). The van der Waals surface area contributed by atoms with Gasteiger partial charge in [-0.15, -0.1) is 0 Å². The first kappa shape index (κ1) is 17.5. The molecule has 5 nitrogen and oxygen atoms in total. The highest BCUT2D eigenvalue weighted by Crippen LogP contribution is 2.30. The molecule has 0 amide bonds. The molecular formula is C20H27N3O2. The zero-order valence-corrected chi connectivity index (χ0v) is 14.8. The molecule has 2 N–H and O–H groups in total. The molecule has 25 heavy (non-hydrogen) atoms. The van der Waals surface area contributed by atoms with Crippen molar-refractivity contribution in [2.24, 2.45) is 11.7 Å². The molecule has 1 aromatic heterocycles. The first-order valence-corrected chi connectivity index (χ1v) is 9.01. The molecule has 2 aromatic rings. The van der Waals surface area contributed by atoms with Crippen molar-refractivity contribution in [2.75, 3.05) is 31.1 Å². The SMILES string of the molecule is CC1CCN(c2ccccn2)CC1.NCC1COc2ccccc2O1. The van der Waals surface area contributed by atoms with Gasteiger partial charge in [0.25, 0.3) is 0 Å². The van der Waals surface area contributed by atoms with Crippen molar-refractivity contribution in [2.45, 2.75) is 25.9 Å². The molecule has 0 aliphatic carbocycles. The molecule has 1 atom stereocenters. The summed E-state index contributed by atoms with van der Waals surface area (Å²) in [6.07, 6.45) is 4.47. The number of fused-ring (bicyclic) bond motifs is 1. The Morgan fingerprint density at radius 1 is 1.08 bits per heavy atom. The van der Waals surface area contributed by atoms with Crippen LogP contribution in [0.5, 0.6) is 11.5 Å². The minimum atomic E-state index is -0.0000926. The fourth-order valence-electron chi connectivity index (χ4n) is 2.96. The van der Waals surface area contributed by atoms with Gasteiger partial charge in [0, 0.05) is 25.8 Å². The number of nitrogens with zero attached hydrogens (tertiary/aromatic N) is 2. The minimum Gasteiger partial charge on any atom is -0.486 e. The third-order valence-electron chi connectivity index (χ3n) is 4.59. The van der Waals surface area contributed by atoms with E-state index in [1.54, 1.807) is 0 Å². The van der Waals surface area contributed by atoms with Crippen molar-refractivity contribution in [1.82, 2.24) is 4.98 Å². The van der Waals surface area contributed by atoms with Crippen LogP contribution in [0.25, 0.3) is 0 Å². The fourth-order valence-corrected chi connectivity index (χ4v) is 2.96. The molecule has 134 valence electrons. The van der Waals surface area contributed by atoms with Crippen molar-refractivity contribution in [3.63, 3.8) is 0 Å². The van der Waals surface area contributed by atoms with Gasteiger partial charge in [-0.3, -0.25) is 0 Å². The van der Waals surface area contributed by atoms with E-state index >= 15 is 0 Å². The summed E-state index contributed by atoms with van der Waals surface area (Å²) in [5.41, 5.74) is 5.46. The molecule has 1 aromatic carbocycles. The van der Waals surface area contributed by atoms with E-state index in [9.17, 15) is 0 Å². The second-order valence-electron chi connectivity index (χ2n) is 6.59. The summed E-state index contributed by atoms with van der Waals surface area (Å²) in [6, 6.07) is 13.7. The molecule has 0 spiro atoms. The number of ether oxygens (including phenoxy) is 2. The topological polar surface area (TPSA) is 60.6 Å². The predicted molar refractivity (Wildman–Crippen MR) is 100 cm³/mol. The molecule has 2 aliphatic rings. The van der Waals surface area contributed by atoms with Crippen LogP contribution >= 0.6 is 0 Å². The van der Waals surface area contributed by atoms with Crippen LogP contribution in [0.2, 0.25) is 0 Å². The van der Waals surface area contributed by atoms with E-state index in [4.69, 9.17) is 15.2 Å². The van der Waals surface area contributed by atoms with E-state index in [-0.39, 0.29) is 6.10 Å². The average Bonchev–Trinajstić information content (AvgIpc) is 2.69. The summed E-state index contributed by atoms with van der Waals surface area (Å²) in [7, 11) is 0. The van der Waals surface area contributed by atoms with Gasteiger partial charge in [-0.2, -0.15) is 0 Å². The fraction of sp³-hybridized carbons (Fsp3) is 0.450. The molecule has 3 heterocycles. The van der Waals surface area contributed by atoms with Crippen molar-refractivity contribution in [1.29, 1.82) is 0 Å². The summed E-state index contributed by atoms with van der Waals surface area (Å²) >= 11 is 0. The number of piperidine rings is 1. The van der Waals surface area contributed by atoms with Crippen molar-refractivity contribution in [3.8, 4) is 11.5 Å². The lowest BCUT2D eigenvalue weighted by atomic mass is 9.99. The molecular weight excluding hydrogens is 314 g/mol. The zero-order chi connectivity index (χ0) is 17.5. The Hall–Kier alpha value is -2.27. The smallest absolute Gasteiger partial charge is 0.161 e. The molecule has 5 heteroatoms. The number of rotatable bonds is 2. The summed E-state index contributed by atoms with van der Waals surface area (Å²) < 4.78 is 11.0. The van der Waals surface area contributed by atoms with E-state index in [0.29, 0.717) is 13.2 Å². The van der Waals surface area contributed by atoms with Gasteiger partial charge < -0.3 is 20.1 Å². The molecule has 1 saturated heterocycles. The Bertz CT molecular complexity index is 642. The minimum absolute atomic E-state index is 0.0000926. The lowest BCUT2D eigenvalue weighted by molar-refractivity contribution is 0.0969.